The van der Waals surface area contributed by atoms with E-state index in [1.165, 1.54) is 18.2 Å². The SMILES string of the molecule is C/C=C\C(=O)NCCC(=O)NCCOCCOCCOCCOCCOCCOCCOCCOCCOCCOCCOCCOCCC(=O)Nc1cccc(Cc2ccc([C@@H]3O[C@@H]4CC5[C@@H]6C[C@H](F)C7=CC(=O)C=C[C@@]78O[C@@H](C[C@]5(C)[C@]4(C(=O)CO)O3)[C@@]68F)cc2)c1. The minimum absolute atomic E-state index is 0.0189. The normalized spacial score (nSPS) is 26.3. The largest absolute Gasteiger partial charge is 0.388 e. The standard InChI is InChI=1S/C68H95F2N3O21/c1-3-5-61(77)71-16-13-62(78)72-17-19-81-21-23-83-25-27-85-29-31-87-33-35-89-37-39-91-41-40-90-38-36-88-34-32-86-30-28-84-26-24-82-22-20-80-18-14-63(79)73-52-7-4-6-50(43-52)42-49-8-10-51(11-9-49)64-92-59-46-54-55-45-57(69)56-44-53(75)12-15-66(56)67(55,70)60(93-66)47-65(54,2)68(59,94-64)58(76)48-74/h3-12,15,43-44,54-55,57,59-60,64,74H,13-14,16-42,45-48H2,1-2H3,(H,71,77)(H,72,78)(H,73,79)/b5-3-/t54?,55-,57-,59+,60-,64+,65-,66+,67-,68+/m0/s1. The number of aliphatic hydroxyl groups excluding tert-OH is 1. The van der Waals surface area contributed by atoms with Gasteiger partial charge in [0.25, 0.3) is 0 Å². The predicted octanol–water partition coefficient (Wildman–Crippen LogP) is 4.42. The fourth-order valence-electron chi connectivity index (χ4n) is 13.3. The van der Waals surface area contributed by atoms with Crippen LogP contribution in [0.2, 0.25) is 0 Å². The minimum Gasteiger partial charge on any atom is -0.388 e. The van der Waals surface area contributed by atoms with Gasteiger partial charge >= 0.3 is 0 Å². The summed E-state index contributed by atoms with van der Waals surface area (Å²) in [6.07, 6.45) is 3.53. The van der Waals surface area contributed by atoms with Crippen LogP contribution in [0.25, 0.3) is 0 Å². The van der Waals surface area contributed by atoms with E-state index < -0.39 is 77.0 Å². The first-order valence-electron chi connectivity index (χ1n) is 32.8. The summed E-state index contributed by atoms with van der Waals surface area (Å²) in [6, 6.07) is 15.2. The monoisotopic (exact) mass is 1330 g/mol. The van der Waals surface area contributed by atoms with Gasteiger partial charge in [0.1, 0.15) is 18.4 Å². The molecule has 4 N–H and O–H groups in total. The predicted molar refractivity (Wildman–Crippen MR) is 335 cm³/mol. The van der Waals surface area contributed by atoms with Crippen molar-refractivity contribution in [2.45, 2.75) is 93.9 Å². The number of rotatable bonds is 49. The van der Waals surface area contributed by atoms with E-state index in [0.29, 0.717) is 176 Å². The third-order valence-corrected chi connectivity index (χ3v) is 17.7. The number of alkyl halides is 2. The van der Waals surface area contributed by atoms with Crippen LogP contribution in [0.3, 0.4) is 0 Å². The van der Waals surface area contributed by atoms with E-state index in [4.69, 9.17) is 71.1 Å². The highest BCUT2D eigenvalue weighted by atomic mass is 19.1. The average molecular weight is 1330 g/mol. The molecule has 1 unspecified atom stereocenters. The van der Waals surface area contributed by atoms with Crippen LogP contribution in [0.15, 0.2) is 84.5 Å². The first-order valence-corrected chi connectivity index (χ1v) is 32.8. The molecule has 2 aromatic carbocycles. The molecule has 6 aliphatic rings. The van der Waals surface area contributed by atoms with E-state index >= 15 is 8.78 Å². The van der Waals surface area contributed by atoms with Gasteiger partial charge in [0, 0.05) is 47.7 Å². The Bertz CT molecular complexity index is 2800. The highest BCUT2D eigenvalue weighted by molar-refractivity contribution is 6.02. The second kappa shape index (κ2) is 38.5. The number of fused-ring (bicyclic) bond motifs is 4. The van der Waals surface area contributed by atoms with Crippen molar-refractivity contribution in [3.05, 3.63) is 101 Å². The number of carbonyl (C=O) groups excluding carboxylic acids is 5. The molecule has 10 atom stereocenters. The highest BCUT2D eigenvalue weighted by Gasteiger charge is 2.85. The number of allylic oxidation sites excluding steroid dienone is 3. The molecule has 2 aromatic rings. The Morgan fingerprint density at radius 3 is 1.68 bits per heavy atom. The minimum atomic E-state index is -1.98. The lowest BCUT2D eigenvalue weighted by molar-refractivity contribution is -0.360. The summed E-state index contributed by atoms with van der Waals surface area (Å²) in [5.74, 6) is -2.90. The van der Waals surface area contributed by atoms with E-state index in [9.17, 15) is 29.1 Å². The number of amides is 3. The molecule has 4 aliphatic carbocycles. The Morgan fingerprint density at radius 2 is 1.15 bits per heavy atom. The molecule has 0 aromatic heterocycles. The number of benzene rings is 2. The van der Waals surface area contributed by atoms with Gasteiger partial charge in [0.15, 0.2) is 29.1 Å². The maximum atomic E-state index is 17.6. The van der Waals surface area contributed by atoms with Gasteiger partial charge in [-0.15, -0.1) is 0 Å². The Balaban J connectivity index is 0.548. The lowest BCUT2D eigenvalue weighted by Crippen LogP contribution is -2.82. The van der Waals surface area contributed by atoms with E-state index in [1.54, 1.807) is 13.0 Å². The number of ketones is 2. The molecule has 522 valence electrons. The van der Waals surface area contributed by atoms with Gasteiger partial charge in [-0.05, 0) is 86.1 Å². The number of carbonyl (C=O) groups is 5. The molecule has 2 heterocycles. The Morgan fingerprint density at radius 1 is 0.617 bits per heavy atom. The number of ether oxygens (including phenoxy) is 15. The van der Waals surface area contributed by atoms with Gasteiger partial charge in [0.05, 0.1) is 177 Å². The molecule has 1 spiro atoms. The van der Waals surface area contributed by atoms with Crippen molar-refractivity contribution in [2.75, 3.05) is 184 Å². The maximum Gasteiger partial charge on any atom is 0.243 e. The number of hydrogen-bond donors (Lipinski definition) is 4. The number of Topliss-reactive ketones (excluding diaryl/α,β-unsaturated/α-hetero) is 1. The molecule has 8 rings (SSSR count). The highest BCUT2D eigenvalue weighted by Crippen LogP contribution is 2.75. The summed E-state index contributed by atoms with van der Waals surface area (Å²) in [6.45, 7) is 13.5. The van der Waals surface area contributed by atoms with Gasteiger partial charge in [0.2, 0.25) is 17.7 Å². The molecule has 26 heteroatoms. The van der Waals surface area contributed by atoms with Gasteiger partial charge < -0.3 is 92.1 Å². The Hall–Kier alpha value is -5.37. The Kier molecular flexibility index (Phi) is 30.5. The van der Waals surface area contributed by atoms with E-state index in [0.717, 1.165) is 17.2 Å². The summed E-state index contributed by atoms with van der Waals surface area (Å²) in [7, 11) is 0. The zero-order chi connectivity index (χ0) is 66.5. The zero-order valence-electron chi connectivity index (χ0n) is 54.2. The average Bonchev–Trinajstić information content (AvgIpc) is 1.26. The van der Waals surface area contributed by atoms with Gasteiger partial charge in [-0.1, -0.05) is 49.4 Å². The van der Waals surface area contributed by atoms with Crippen molar-refractivity contribution >= 4 is 35.0 Å². The first kappa shape index (κ1) is 74.4. The van der Waals surface area contributed by atoms with E-state index in [2.05, 4.69) is 16.0 Å². The second-order valence-electron chi connectivity index (χ2n) is 23.8. The number of halogens is 2. The quantitative estimate of drug-likeness (QED) is 0.0527. The van der Waals surface area contributed by atoms with Gasteiger partial charge in [-0.3, -0.25) is 24.0 Å². The second-order valence-corrected chi connectivity index (χ2v) is 23.8. The van der Waals surface area contributed by atoms with Gasteiger partial charge in [-0.2, -0.15) is 0 Å². The third-order valence-electron chi connectivity index (χ3n) is 17.7. The van der Waals surface area contributed by atoms with Crippen LogP contribution >= 0.6 is 0 Å². The van der Waals surface area contributed by atoms with Crippen molar-refractivity contribution in [1.29, 1.82) is 0 Å². The summed E-state index contributed by atoms with van der Waals surface area (Å²) in [5, 5.41) is 18.7. The van der Waals surface area contributed by atoms with Gasteiger partial charge in [-0.25, -0.2) is 8.78 Å². The Labute approximate surface area is 548 Å². The third kappa shape index (κ3) is 19.9. The molecular weight excluding hydrogens is 1230 g/mol. The fraction of sp³-hybridized carbons (Fsp3) is 0.662. The first-order chi connectivity index (χ1) is 45.8. The number of anilines is 1. The summed E-state index contributed by atoms with van der Waals surface area (Å²) >= 11 is 0. The van der Waals surface area contributed by atoms with Crippen LogP contribution in [-0.2, 0) is 101 Å². The van der Waals surface area contributed by atoms with Crippen LogP contribution in [0, 0.1) is 17.3 Å². The number of hydrogen-bond acceptors (Lipinski definition) is 21. The van der Waals surface area contributed by atoms with Crippen LogP contribution in [0.4, 0.5) is 14.5 Å². The van der Waals surface area contributed by atoms with Crippen molar-refractivity contribution in [3.8, 4) is 0 Å². The van der Waals surface area contributed by atoms with Crippen LogP contribution in [0.1, 0.15) is 68.9 Å². The number of aliphatic hydroxyl groups is 1. The smallest absolute Gasteiger partial charge is 0.243 e. The lowest BCUT2D eigenvalue weighted by atomic mass is 9.44. The molecule has 24 nitrogen and oxygen atoms in total. The summed E-state index contributed by atoms with van der Waals surface area (Å²) < 4.78 is 119. The molecule has 94 heavy (non-hydrogen) atoms. The van der Waals surface area contributed by atoms with Crippen molar-refractivity contribution in [3.63, 3.8) is 0 Å². The van der Waals surface area contributed by atoms with Crippen molar-refractivity contribution < 1.29 is 109 Å². The molecule has 5 fully saturated rings. The van der Waals surface area contributed by atoms with E-state index in [1.807, 2.05) is 55.5 Å². The molecule has 2 saturated heterocycles. The van der Waals surface area contributed by atoms with Crippen LogP contribution < -0.4 is 16.0 Å². The van der Waals surface area contributed by atoms with Crippen LogP contribution in [0.5, 0.6) is 0 Å². The topological polar surface area (TPSA) is 280 Å². The summed E-state index contributed by atoms with van der Waals surface area (Å²) in [4.78, 5) is 62.0. The summed E-state index contributed by atoms with van der Waals surface area (Å²) in [5.41, 5.74) is -3.05. The molecule has 3 saturated carbocycles. The van der Waals surface area contributed by atoms with Crippen LogP contribution in [-0.4, -0.2) is 248 Å². The fourth-order valence-corrected chi connectivity index (χ4v) is 13.3. The zero-order valence-corrected chi connectivity index (χ0v) is 54.2. The molecule has 0 radical (unpaired) electrons. The lowest BCUT2D eigenvalue weighted by Gasteiger charge is -2.71. The maximum absolute atomic E-state index is 17.6. The number of nitrogens with one attached hydrogen (secondary N) is 3. The molecule has 0 bridgehead atoms. The van der Waals surface area contributed by atoms with Crippen molar-refractivity contribution in [1.82, 2.24) is 10.6 Å². The van der Waals surface area contributed by atoms with Crippen molar-refractivity contribution in [2.24, 2.45) is 17.3 Å². The van der Waals surface area contributed by atoms with E-state index in [-0.39, 0.29) is 68.6 Å². The molecule has 2 aliphatic heterocycles. The molecular formula is C68H95F2N3O21. The molecule has 3 amide bonds.